The highest BCUT2D eigenvalue weighted by molar-refractivity contribution is 8.19. The van der Waals surface area contributed by atoms with Crippen molar-refractivity contribution in [1.82, 2.24) is 0 Å². The number of nitrogens with zero attached hydrogens (tertiary/aromatic N) is 2. The molecular weight excluding hydrogens is 416 g/mol. The number of thioether (sulfide) groups is 1. The zero-order valence-electron chi connectivity index (χ0n) is 18.1. The van der Waals surface area contributed by atoms with E-state index in [2.05, 4.69) is 6.58 Å². The third kappa shape index (κ3) is 5.01. The van der Waals surface area contributed by atoms with Crippen molar-refractivity contribution in [3.05, 3.63) is 107 Å². The second-order valence-electron chi connectivity index (χ2n) is 7.49. The number of anilines is 1. The van der Waals surface area contributed by atoms with Crippen LogP contribution in [-0.2, 0) is 4.79 Å². The van der Waals surface area contributed by atoms with Gasteiger partial charge in [-0.2, -0.15) is 0 Å². The number of hydrogen-bond donors (Lipinski definition) is 0. The molecule has 0 spiro atoms. The Morgan fingerprint density at radius 1 is 1.00 bits per heavy atom. The summed E-state index contributed by atoms with van der Waals surface area (Å²) in [5.74, 6) is 0.680. The average Bonchev–Trinajstić information content (AvgIpc) is 3.07. The zero-order valence-corrected chi connectivity index (χ0v) is 18.9. The smallest absolute Gasteiger partial charge is 0.271 e. The molecule has 0 aromatic heterocycles. The van der Waals surface area contributed by atoms with Gasteiger partial charge in [0, 0.05) is 0 Å². The van der Waals surface area contributed by atoms with Crippen LogP contribution in [0.1, 0.15) is 16.7 Å². The first kappa shape index (κ1) is 21.7. The van der Waals surface area contributed by atoms with Gasteiger partial charge in [0.05, 0.1) is 16.3 Å². The molecule has 0 aliphatic carbocycles. The summed E-state index contributed by atoms with van der Waals surface area (Å²) in [6.45, 7) is 8.16. The van der Waals surface area contributed by atoms with Crippen molar-refractivity contribution in [2.24, 2.45) is 4.99 Å². The maximum atomic E-state index is 13.4. The highest BCUT2D eigenvalue weighted by Crippen LogP contribution is 2.37. The van der Waals surface area contributed by atoms with Crippen LogP contribution in [0.25, 0.3) is 6.08 Å². The highest BCUT2D eigenvalue weighted by atomic mass is 32.2. The number of amidine groups is 1. The second kappa shape index (κ2) is 9.71. The molecule has 0 N–H and O–H groups in total. The summed E-state index contributed by atoms with van der Waals surface area (Å²) >= 11 is 1.38. The second-order valence-corrected chi connectivity index (χ2v) is 8.50. The summed E-state index contributed by atoms with van der Waals surface area (Å²) < 4.78 is 5.54. The Labute approximate surface area is 192 Å². The largest absolute Gasteiger partial charge is 0.490 e. The molecule has 0 atom stereocenters. The Morgan fingerprint density at radius 3 is 2.41 bits per heavy atom. The van der Waals surface area contributed by atoms with E-state index >= 15 is 0 Å². The summed E-state index contributed by atoms with van der Waals surface area (Å²) in [7, 11) is 0. The van der Waals surface area contributed by atoms with Crippen LogP contribution in [-0.4, -0.2) is 17.7 Å². The SMILES string of the molecule is C=CCOc1ccc(C=C2SC(=Nc3cccc(C)c3)N(c3cccc(C)c3)C2=O)cc1. The maximum absolute atomic E-state index is 13.4. The van der Waals surface area contributed by atoms with Gasteiger partial charge < -0.3 is 4.74 Å². The molecule has 0 saturated carbocycles. The Morgan fingerprint density at radius 2 is 1.72 bits per heavy atom. The van der Waals surface area contributed by atoms with Crippen LogP contribution in [0.5, 0.6) is 5.75 Å². The number of carbonyl (C=O) groups is 1. The maximum Gasteiger partial charge on any atom is 0.271 e. The van der Waals surface area contributed by atoms with Crippen molar-refractivity contribution in [3.8, 4) is 5.75 Å². The van der Waals surface area contributed by atoms with E-state index in [4.69, 9.17) is 9.73 Å². The fourth-order valence-corrected chi connectivity index (χ4v) is 4.32. The summed E-state index contributed by atoms with van der Waals surface area (Å²) in [6.07, 6.45) is 3.60. The minimum atomic E-state index is -0.0843. The lowest BCUT2D eigenvalue weighted by atomic mass is 10.2. The molecule has 0 unspecified atom stereocenters. The third-order valence-electron chi connectivity index (χ3n) is 4.84. The normalized spacial score (nSPS) is 16.1. The van der Waals surface area contributed by atoms with E-state index < -0.39 is 0 Å². The van der Waals surface area contributed by atoms with E-state index in [1.54, 1.807) is 11.0 Å². The van der Waals surface area contributed by atoms with Crippen molar-refractivity contribution in [2.75, 3.05) is 11.5 Å². The number of aryl methyl sites for hydroxylation is 2. The molecule has 1 saturated heterocycles. The molecule has 3 aromatic carbocycles. The van der Waals surface area contributed by atoms with Crippen molar-refractivity contribution < 1.29 is 9.53 Å². The summed E-state index contributed by atoms with van der Waals surface area (Å²) in [5, 5.41) is 0.642. The van der Waals surface area contributed by atoms with Crippen molar-refractivity contribution in [3.63, 3.8) is 0 Å². The fraction of sp³-hybridized carbons (Fsp3) is 0.111. The molecule has 1 heterocycles. The molecule has 32 heavy (non-hydrogen) atoms. The summed E-state index contributed by atoms with van der Waals surface area (Å²) in [6, 6.07) is 23.5. The lowest BCUT2D eigenvalue weighted by Crippen LogP contribution is -2.28. The number of amides is 1. The lowest BCUT2D eigenvalue weighted by Gasteiger charge is -2.16. The van der Waals surface area contributed by atoms with Crippen LogP contribution in [0.4, 0.5) is 11.4 Å². The molecule has 5 heteroatoms. The number of benzene rings is 3. The van der Waals surface area contributed by atoms with E-state index in [1.807, 2.05) is 92.7 Å². The fourth-order valence-electron chi connectivity index (χ4n) is 3.32. The highest BCUT2D eigenvalue weighted by Gasteiger charge is 2.34. The molecule has 4 nitrogen and oxygen atoms in total. The molecule has 1 amide bonds. The molecule has 4 rings (SSSR count). The monoisotopic (exact) mass is 440 g/mol. The van der Waals surface area contributed by atoms with E-state index in [1.165, 1.54) is 11.8 Å². The molecule has 3 aromatic rings. The number of ether oxygens (including phenoxy) is 1. The Balaban J connectivity index is 1.70. The number of rotatable bonds is 6. The standard InChI is InChI=1S/C27H24N2O2S/c1-4-15-31-24-13-11-21(12-14-24)18-25-26(30)29(23-10-6-8-20(3)17-23)27(32-25)28-22-9-5-7-19(2)16-22/h4-14,16-18H,1,15H2,2-3H3. The van der Waals surface area contributed by atoms with Gasteiger partial charge in [0.15, 0.2) is 5.17 Å². The third-order valence-corrected chi connectivity index (χ3v) is 5.81. The molecule has 1 aliphatic heterocycles. The summed E-state index contributed by atoms with van der Waals surface area (Å²) in [5.41, 5.74) is 4.77. The van der Waals surface area contributed by atoms with Crippen molar-refractivity contribution in [2.45, 2.75) is 13.8 Å². The van der Waals surface area contributed by atoms with Crippen LogP contribution < -0.4 is 9.64 Å². The summed E-state index contributed by atoms with van der Waals surface area (Å²) in [4.78, 5) is 20.5. The van der Waals surface area contributed by atoms with Gasteiger partial charge >= 0.3 is 0 Å². The molecule has 0 radical (unpaired) electrons. The van der Waals surface area contributed by atoms with Gasteiger partial charge in [0.1, 0.15) is 12.4 Å². The van der Waals surface area contributed by atoms with Gasteiger partial charge in [-0.3, -0.25) is 9.69 Å². The number of aliphatic imine (C=N–C) groups is 1. The van der Waals surface area contributed by atoms with Crippen LogP contribution in [0, 0.1) is 13.8 Å². The van der Waals surface area contributed by atoms with Gasteiger partial charge in [-0.25, -0.2) is 4.99 Å². The van der Waals surface area contributed by atoms with Gasteiger partial charge in [0.2, 0.25) is 0 Å². The van der Waals surface area contributed by atoms with E-state index in [0.29, 0.717) is 16.7 Å². The minimum Gasteiger partial charge on any atom is -0.490 e. The molecule has 160 valence electrons. The van der Waals surface area contributed by atoms with Crippen molar-refractivity contribution in [1.29, 1.82) is 0 Å². The van der Waals surface area contributed by atoms with Crippen LogP contribution in [0.2, 0.25) is 0 Å². The average molecular weight is 441 g/mol. The van der Waals surface area contributed by atoms with Crippen LogP contribution >= 0.6 is 11.8 Å². The molecule has 0 bridgehead atoms. The predicted octanol–water partition coefficient (Wildman–Crippen LogP) is 6.68. The van der Waals surface area contributed by atoms with Crippen molar-refractivity contribution >= 4 is 40.3 Å². The zero-order chi connectivity index (χ0) is 22.5. The van der Waals surface area contributed by atoms with Gasteiger partial charge in [-0.05, 0) is 84.8 Å². The van der Waals surface area contributed by atoms with Gasteiger partial charge in [0.25, 0.3) is 5.91 Å². The lowest BCUT2D eigenvalue weighted by molar-refractivity contribution is -0.113. The van der Waals surface area contributed by atoms with E-state index in [0.717, 1.165) is 33.8 Å². The first-order valence-corrected chi connectivity index (χ1v) is 11.1. The first-order chi connectivity index (χ1) is 15.5. The molecule has 1 aliphatic rings. The van der Waals surface area contributed by atoms with E-state index in [-0.39, 0.29) is 5.91 Å². The number of carbonyl (C=O) groups excluding carboxylic acids is 1. The Hall–Kier alpha value is -3.57. The quantitative estimate of drug-likeness (QED) is 0.317. The predicted molar refractivity (Wildman–Crippen MR) is 135 cm³/mol. The topological polar surface area (TPSA) is 41.9 Å². The van der Waals surface area contributed by atoms with Crippen LogP contribution in [0.3, 0.4) is 0 Å². The first-order valence-electron chi connectivity index (χ1n) is 10.3. The minimum absolute atomic E-state index is 0.0843. The van der Waals surface area contributed by atoms with Crippen LogP contribution in [0.15, 0.2) is 95.3 Å². The molecular formula is C27H24N2O2S. The van der Waals surface area contributed by atoms with Gasteiger partial charge in [-0.1, -0.05) is 49.1 Å². The Kier molecular flexibility index (Phi) is 6.57. The molecule has 1 fully saturated rings. The van der Waals surface area contributed by atoms with Gasteiger partial charge in [-0.15, -0.1) is 0 Å². The Bertz CT molecular complexity index is 1210. The number of hydrogen-bond acceptors (Lipinski definition) is 4. The van der Waals surface area contributed by atoms with E-state index in [9.17, 15) is 4.79 Å².